The van der Waals surface area contributed by atoms with Gasteiger partial charge in [-0.3, -0.25) is 9.59 Å². The third-order valence-corrected chi connectivity index (χ3v) is 6.82. The number of nitriles is 1. The van der Waals surface area contributed by atoms with Crippen molar-refractivity contribution < 1.29 is 18.7 Å². The zero-order valence-electron chi connectivity index (χ0n) is 21.3. The molecule has 2 heterocycles. The van der Waals surface area contributed by atoms with E-state index in [-0.39, 0.29) is 17.6 Å². The van der Waals surface area contributed by atoms with Crippen LogP contribution in [0.25, 0.3) is 0 Å². The van der Waals surface area contributed by atoms with Crippen molar-refractivity contribution >= 4 is 35.0 Å². The molecule has 1 unspecified atom stereocenters. The summed E-state index contributed by atoms with van der Waals surface area (Å²) in [6, 6.07) is 20.4. The summed E-state index contributed by atoms with van der Waals surface area (Å²) in [7, 11) is 0. The fraction of sp³-hybridized carbons (Fsp3) is 0.207. The van der Waals surface area contributed by atoms with Gasteiger partial charge < -0.3 is 25.1 Å². The van der Waals surface area contributed by atoms with E-state index in [1.807, 2.05) is 50.2 Å². The molecule has 8 nitrogen and oxygen atoms in total. The number of nitrogens with zero attached hydrogens (tertiary/aromatic N) is 1. The number of carbonyl (C=O) groups is 2. The van der Waals surface area contributed by atoms with Gasteiger partial charge in [-0.05, 0) is 62.7 Å². The van der Waals surface area contributed by atoms with E-state index < -0.39 is 5.92 Å². The highest BCUT2D eigenvalue weighted by Crippen LogP contribution is 2.41. The van der Waals surface area contributed by atoms with Crippen LogP contribution < -0.4 is 20.7 Å². The Labute approximate surface area is 225 Å². The molecule has 0 aliphatic carbocycles. The second kappa shape index (κ2) is 12.2. The number of thioether (sulfide) groups is 1. The lowest BCUT2D eigenvalue weighted by atomic mass is 9.85. The SMILES string of the molecule is CCOc1ccccc1NC(=O)CSC1=C(C#N)C(c2ccco2)C(C(=O)Nc2cccc(C)c2)=C(C)N1. The number of hydrogen-bond acceptors (Lipinski definition) is 7. The van der Waals surface area contributed by atoms with Crippen molar-refractivity contribution in [2.75, 3.05) is 23.0 Å². The highest BCUT2D eigenvalue weighted by Gasteiger charge is 2.36. The Kier molecular flexibility index (Phi) is 8.56. The first kappa shape index (κ1) is 26.6. The van der Waals surface area contributed by atoms with Crippen LogP contribution in [0, 0.1) is 18.3 Å². The molecule has 4 rings (SSSR count). The average molecular weight is 529 g/mol. The van der Waals surface area contributed by atoms with Gasteiger partial charge in [-0.25, -0.2) is 0 Å². The van der Waals surface area contributed by atoms with Crippen LogP contribution in [-0.4, -0.2) is 24.2 Å². The van der Waals surface area contributed by atoms with Crippen LogP contribution in [-0.2, 0) is 9.59 Å². The molecule has 0 fully saturated rings. The van der Waals surface area contributed by atoms with E-state index in [1.54, 1.807) is 31.2 Å². The molecule has 0 bridgehead atoms. The lowest BCUT2D eigenvalue weighted by Crippen LogP contribution is -2.31. The molecule has 3 N–H and O–H groups in total. The van der Waals surface area contributed by atoms with Gasteiger partial charge in [0.15, 0.2) is 0 Å². The second-order valence-electron chi connectivity index (χ2n) is 8.56. The summed E-state index contributed by atoms with van der Waals surface area (Å²) >= 11 is 1.19. The maximum absolute atomic E-state index is 13.5. The summed E-state index contributed by atoms with van der Waals surface area (Å²) in [5.41, 5.74) is 3.48. The highest BCUT2D eigenvalue weighted by molar-refractivity contribution is 8.03. The van der Waals surface area contributed by atoms with Gasteiger partial charge in [0.2, 0.25) is 5.91 Å². The molecule has 2 amide bonds. The molecule has 194 valence electrons. The van der Waals surface area contributed by atoms with Crippen LogP contribution in [0.3, 0.4) is 0 Å². The smallest absolute Gasteiger partial charge is 0.254 e. The van der Waals surface area contributed by atoms with Crippen LogP contribution in [0.2, 0.25) is 0 Å². The Balaban J connectivity index is 1.57. The predicted octanol–water partition coefficient (Wildman–Crippen LogP) is 5.69. The lowest BCUT2D eigenvalue weighted by Gasteiger charge is -2.28. The second-order valence-corrected chi connectivity index (χ2v) is 9.54. The Bertz CT molecular complexity index is 1440. The fourth-order valence-corrected chi connectivity index (χ4v) is 5.06. The van der Waals surface area contributed by atoms with Crippen LogP contribution in [0.15, 0.2) is 93.2 Å². The van der Waals surface area contributed by atoms with Gasteiger partial charge in [0, 0.05) is 11.4 Å². The first-order valence-corrected chi connectivity index (χ1v) is 13.1. The maximum Gasteiger partial charge on any atom is 0.254 e. The lowest BCUT2D eigenvalue weighted by molar-refractivity contribution is -0.114. The van der Waals surface area contributed by atoms with Gasteiger partial charge in [0.1, 0.15) is 11.5 Å². The zero-order chi connectivity index (χ0) is 27.1. The molecule has 0 spiro atoms. The van der Waals surface area contributed by atoms with Crippen LogP contribution in [0.5, 0.6) is 5.75 Å². The molecule has 2 aromatic carbocycles. The molecule has 1 aliphatic heterocycles. The van der Waals surface area contributed by atoms with Crippen LogP contribution in [0.4, 0.5) is 11.4 Å². The molecule has 9 heteroatoms. The predicted molar refractivity (Wildman–Crippen MR) is 148 cm³/mol. The molecule has 3 aromatic rings. The normalized spacial score (nSPS) is 14.9. The minimum absolute atomic E-state index is 0.0386. The number of ether oxygens (including phenoxy) is 1. The van der Waals surface area contributed by atoms with E-state index in [0.29, 0.717) is 51.4 Å². The number of nitrogens with one attached hydrogen (secondary N) is 3. The molecular weight excluding hydrogens is 500 g/mol. The number of carbonyl (C=O) groups excluding carboxylic acids is 2. The molecule has 1 atom stereocenters. The number of allylic oxidation sites excluding steroid dienone is 2. The Hall–Kier alpha value is -4.42. The number of para-hydroxylation sites is 2. The van der Waals surface area contributed by atoms with Gasteiger partial charge >= 0.3 is 0 Å². The summed E-state index contributed by atoms with van der Waals surface area (Å²) in [5.74, 6) is -0.244. The monoisotopic (exact) mass is 528 g/mol. The van der Waals surface area contributed by atoms with Crippen molar-refractivity contribution in [1.82, 2.24) is 5.32 Å². The Morgan fingerprint density at radius 3 is 2.63 bits per heavy atom. The molecular formula is C29H28N4O4S. The van der Waals surface area contributed by atoms with Gasteiger partial charge in [0.25, 0.3) is 5.91 Å². The first-order valence-electron chi connectivity index (χ1n) is 12.1. The number of rotatable bonds is 9. The largest absolute Gasteiger partial charge is 0.492 e. The molecule has 38 heavy (non-hydrogen) atoms. The number of aryl methyl sites for hydroxylation is 1. The van der Waals surface area contributed by atoms with Gasteiger partial charge in [-0.1, -0.05) is 36.0 Å². The molecule has 0 saturated carbocycles. The van der Waals surface area contributed by atoms with E-state index >= 15 is 0 Å². The third-order valence-electron chi connectivity index (χ3n) is 5.80. The molecule has 1 aromatic heterocycles. The third kappa shape index (κ3) is 6.10. The van der Waals surface area contributed by atoms with Crippen molar-refractivity contribution in [1.29, 1.82) is 5.26 Å². The van der Waals surface area contributed by atoms with Gasteiger partial charge in [-0.15, -0.1) is 0 Å². The van der Waals surface area contributed by atoms with Gasteiger partial charge in [0.05, 0.1) is 52.5 Å². The summed E-state index contributed by atoms with van der Waals surface area (Å²) < 4.78 is 11.2. The number of anilines is 2. The van der Waals surface area contributed by atoms with Crippen molar-refractivity contribution in [3.8, 4) is 11.8 Å². The van der Waals surface area contributed by atoms with E-state index in [9.17, 15) is 14.9 Å². The van der Waals surface area contributed by atoms with E-state index in [0.717, 1.165) is 5.56 Å². The summed E-state index contributed by atoms with van der Waals surface area (Å²) in [6.07, 6.45) is 1.51. The van der Waals surface area contributed by atoms with Crippen molar-refractivity contribution in [3.05, 3.63) is 100 Å². The first-order chi connectivity index (χ1) is 18.4. The maximum atomic E-state index is 13.5. The number of dihydropyridines is 1. The Morgan fingerprint density at radius 2 is 1.92 bits per heavy atom. The zero-order valence-corrected chi connectivity index (χ0v) is 22.1. The number of furan rings is 1. The topological polar surface area (TPSA) is 116 Å². The van der Waals surface area contributed by atoms with E-state index in [4.69, 9.17) is 9.15 Å². The van der Waals surface area contributed by atoms with Crippen molar-refractivity contribution in [3.63, 3.8) is 0 Å². The van der Waals surface area contributed by atoms with Crippen LogP contribution >= 0.6 is 11.8 Å². The molecule has 0 radical (unpaired) electrons. The standard InChI is InChI=1S/C29H28N4O4S/c1-4-36-23-12-6-5-11-22(23)33-25(34)17-38-29-21(16-30)27(24-13-8-14-37-24)26(19(3)31-29)28(35)32-20-10-7-9-18(2)15-20/h5-15,27,31H,4,17H2,1-3H3,(H,32,35)(H,33,34). The van der Waals surface area contributed by atoms with E-state index in [2.05, 4.69) is 22.0 Å². The Morgan fingerprint density at radius 1 is 1.11 bits per heavy atom. The minimum Gasteiger partial charge on any atom is -0.492 e. The summed E-state index contributed by atoms with van der Waals surface area (Å²) in [5, 5.41) is 19.6. The summed E-state index contributed by atoms with van der Waals surface area (Å²) in [6.45, 7) is 6.07. The number of amides is 2. The highest BCUT2D eigenvalue weighted by atomic mass is 32.2. The number of benzene rings is 2. The molecule has 0 saturated heterocycles. The van der Waals surface area contributed by atoms with Crippen molar-refractivity contribution in [2.45, 2.75) is 26.7 Å². The summed E-state index contributed by atoms with van der Waals surface area (Å²) in [4.78, 5) is 26.2. The average Bonchev–Trinajstić information content (AvgIpc) is 3.43. The number of hydrogen-bond donors (Lipinski definition) is 3. The van der Waals surface area contributed by atoms with Crippen molar-refractivity contribution in [2.24, 2.45) is 0 Å². The fourth-order valence-electron chi connectivity index (χ4n) is 4.16. The van der Waals surface area contributed by atoms with E-state index in [1.165, 1.54) is 18.0 Å². The molecule has 1 aliphatic rings. The van der Waals surface area contributed by atoms with Crippen LogP contribution in [0.1, 0.15) is 31.1 Å². The quantitative estimate of drug-likeness (QED) is 0.326. The van der Waals surface area contributed by atoms with Gasteiger partial charge in [-0.2, -0.15) is 5.26 Å². The minimum atomic E-state index is -0.731.